The summed E-state index contributed by atoms with van der Waals surface area (Å²) in [6.45, 7) is 2.60. The van der Waals surface area contributed by atoms with Crippen LogP contribution in [0.25, 0.3) is 5.00 Å². The van der Waals surface area contributed by atoms with Crippen molar-refractivity contribution < 1.29 is 9.59 Å². The Balaban J connectivity index is 1.70. The molecule has 2 heterocycles. The van der Waals surface area contributed by atoms with Crippen molar-refractivity contribution >= 4 is 52.0 Å². The zero-order chi connectivity index (χ0) is 26.5. The first-order valence-electron chi connectivity index (χ1n) is 11.6. The second-order valence-corrected chi connectivity index (χ2v) is 10.4. The summed E-state index contributed by atoms with van der Waals surface area (Å²) in [5.41, 5.74) is 1.43. The first-order valence-corrected chi connectivity index (χ1v) is 13.1. The molecule has 0 atom stereocenters. The molecule has 0 bridgehead atoms. The number of rotatable bonds is 9. The van der Waals surface area contributed by atoms with E-state index in [9.17, 15) is 9.59 Å². The molecule has 0 aliphatic rings. The fourth-order valence-corrected chi connectivity index (χ4v) is 5.24. The number of halogens is 2. The molecule has 2 N–H and O–H groups in total. The highest BCUT2D eigenvalue weighted by molar-refractivity contribution is 7.15. The maximum absolute atomic E-state index is 13.6. The molecule has 0 radical (unpaired) electrons. The summed E-state index contributed by atoms with van der Waals surface area (Å²) < 4.78 is 1.85. The minimum Gasteiger partial charge on any atom is -0.331 e. The summed E-state index contributed by atoms with van der Waals surface area (Å²) in [7, 11) is 3.85. The predicted molar refractivity (Wildman–Crippen MR) is 148 cm³/mol. The van der Waals surface area contributed by atoms with E-state index in [1.165, 1.54) is 11.3 Å². The first-order chi connectivity index (χ1) is 17.8. The number of ketones is 1. The number of aryl methyl sites for hydroxylation is 1. The van der Waals surface area contributed by atoms with Crippen LogP contribution < -0.4 is 10.6 Å². The quantitative estimate of drug-likeness (QED) is 0.254. The SMILES string of the molecule is CCc1cc(C(=O)c2ccccc2Cl)c(-n2c(CNC(=O)Nc3ccccc3Cl)nnc2CN(C)C)s1. The van der Waals surface area contributed by atoms with Crippen LogP contribution in [0.15, 0.2) is 54.6 Å². The van der Waals surface area contributed by atoms with Gasteiger partial charge in [0.1, 0.15) is 5.00 Å². The van der Waals surface area contributed by atoms with Crippen LogP contribution in [-0.2, 0) is 19.5 Å². The molecule has 8 nitrogen and oxygen atoms in total. The van der Waals surface area contributed by atoms with Crippen molar-refractivity contribution in [1.29, 1.82) is 0 Å². The highest BCUT2D eigenvalue weighted by Crippen LogP contribution is 2.32. The number of thiophene rings is 1. The van der Waals surface area contributed by atoms with Gasteiger partial charge in [-0.2, -0.15) is 0 Å². The van der Waals surface area contributed by atoms with Crippen molar-refractivity contribution in [3.05, 3.63) is 92.3 Å². The lowest BCUT2D eigenvalue weighted by molar-refractivity contribution is 0.103. The van der Waals surface area contributed by atoms with Crippen LogP contribution in [0, 0.1) is 0 Å². The molecule has 0 unspecified atom stereocenters. The summed E-state index contributed by atoms with van der Waals surface area (Å²) in [5, 5.41) is 15.8. The number of carbonyl (C=O) groups is 2. The summed E-state index contributed by atoms with van der Waals surface area (Å²) in [5.74, 6) is 0.950. The lowest BCUT2D eigenvalue weighted by atomic mass is 10.0. The Morgan fingerprint density at radius 2 is 1.65 bits per heavy atom. The molecular formula is C26H26Cl2N6O2S. The minimum absolute atomic E-state index is 0.0792. The molecule has 0 saturated heterocycles. The van der Waals surface area contributed by atoms with Crippen molar-refractivity contribution in [2.75, 3.05) is 19.4 Å². The third kappa shape index (κ3) is 6.19. The summed E-state index contributed by atoms with van der Waals surface area (Å²) in [4.78, 5) is 29.2. The van der Waals surface area contributed by atoms with Gasteiger partial charge in [-0.3, -0.25) is 9.36 Å². The zero-order valence-corrected chi connectivity index (χ0v) is 22.9. The predicted octanol–water partition coefficient (Wildman–Crippen LogP) is 5.81. The molecule has 4 rings (SSSR count). The van der Waals surface area contributed by atoms with E-state index in [4.69, 9.17) is 23.2 Å². The van der Waals surface area contributed by atoms with Crippen molar-refractivity contribution in [2.24, 2.45) is 0 Å². The van der Waals surface area contributed by atoms with Crippen molar-refractivity contribution in [3.8, 4) is 5.00 Å². The number of nitrogens with zero attached hydrogens (tertiary/aromatic N) is 4. The number of anilines is 1. The zero-order valence-electron chi connectivity index (χ0n) is 20.6. The number of benzene rings is 2. The van der Waals surface area contributed by atoms with E-state index in [2.05, 4.69) is 20.8 Å². The van der Waals surface area contributed by atoms with Crippen molar-refractivity contribution in [3.63, 3.8) is 0 Å². The van der Waals surface area contributed by atoms with Gasteiger partial charge < -0.3 is 15.5 Å². The Hall–Kier alpha value is -3.24. The van der Waals surface area contributed by atoms with Crippen LogP contribution in [0.3, 0.4) is 0 Å². The molecule has 4 aromatic rings. The van der Waals surface area contributed by atoms with E-state index in [1.54, 1.807) is 48.5 Å². The van der Waals surface area contributed by atoms with Gasteiger partial charge in [-0.1, -0.05) is 54.4 Å². The Morgan fingerprint density at radius 3 is 2.32 bits per heavy atom. The Kier molecular flexibility index (Phi) is 8.60. The number of urea groups is 1. The fraction of sp³-hybridized carbons (Fsp3) is 0.231. The molecule has 2 aromatic carbocycles. The lowest BCUT2D eigenvalue weighted by Gasteiger charge is -2.14. The molecular weight excluding hydrogens is 531 g/mol. The molecule has 2 aromatic heterocycles. The normalized spacial score (nSPS) is 11.1. The van der Waals surface area contributed by atoms with Crippen LogP contribution in [0.2, 0.25) is 10.0 Å². The Labute approximate surface area is 229 Å². The largest absolute Gasteiger partial charge is 0.331 e. The fourth-order valence-electron chi connectivity index (χ4n) is 3.70. The number of carbonyl (C=O) groups excluding carboxylic acids is 2. The molecule has 0 fully saturated rings. The number of amides is 2. The van der Waals surface area contributed by atoms with Crippen molar-refractivity contribution in [1.82, 2.24) is 25.0 Å². The number of aromatic nitrogens is 3. The topological polar surface area (TPSA) is 92.2 Å². The average Bonchev–Trinajstić information content (AvgIpc) is 3.47. The highest BCUT2D eigenvalue weighted by atomic mass is 35.5. The van der Waals surface area contributed by atoms with Gasteiger partial charge in [-0.25, -0.2) is 4.79 Å². The van der Waals surface area contributed by atoms with E-state index in [0.717, 1.165) is 11.3 Å². The monoisotopic (exact) mass is 556 g/mol. The first kappa shape index (κ1) is 26.8. The van der Waals surface area contributed by atoms with Gasteiger partial charge in [-0.05, 0) is 50.8 Å². The highest BCUT2D eigenvalue weighted by Gasteiger charge is 2.25. The summed E-state index contributed by atoms with van der Waals surface area (Å²) in [6.07, 6.45) is 0.756. The molecule has 192 valence electrons. The summed E-state index contributed by atoms with van der Waals surface area (Å²) in [6, 6.07) is 15.4. The van der Waals surface area contributed by atoms with E-state index < -0.39 is 6.03 Å². The molecule has 11 heteroatoms. The lowest BCUT2D eigenvalue weighted by Crippen LogP contribution is -2.29. The third-order valence-electron chi connectivity index (χ3n) is 5.46. The molecule has 2 amide bonds. The van der Waals surface area contributed by atoms with Crippen LogP contribution in [0.1, 0.15) is 39.4 Å². The average molecular weight is 558 g/mol. The number of nitrogens with one attached hydrogen (secondary N) is 2. The van der Waals surface area contributed by atoms with E-state index in [-0.39, 0.29) is 12.3 Å². The van der Waals surface area contributed by atoms with E-state index in [0.29, 0.717) is 50.1 Å². The smallest absolute Gasteiger partial charge is 0.319 e. The second-order valence-electron chi connectivity index (χ2n) is 8.49. The van der Waals surface area contributed by atoms with Crippen LogP contribution in [-0.4, -0.2) is 45.6 Å². The van der Waals surface area contributed by atoms with Gasteiger partial charge in [-0.15, -0.1) is 21.5 Å². The molecule has 37 heavy (non-hydrogen) atoms. The molecule has 0 aliphatic carbocycles. The number of hydrogen-bond acceptors (Lipinski definition) is 6. The molecule has 0 spiro atoms. The van der Waals surface area contributed by atoms with Crippen LogP contribution >= 0.6 is 34.5 Å². The van der Waals surface area contributed by atoms with Crippen LogP contribution in [0.4, 0.5) is 10.5 Å². The van der Waals surface area contributed by atoms with Gasteiger partial charge >= 0.3 is 6.03 Å². The van der Waals surface area contributed by atoms with E-state index >= 15 is 0 Å². The minimum atomic E-state index is -0.440. The summed E-state index contributed by atoms with van der Waals surface area (Å²) >= 11 is 14.0. The Morgan fingerprint density at radius 1 is 0.973 bits per heavy atom. The van der Waals surface area contributed by atoms with Crippen molar-refractivity contribution in [2.45, 2.75) is 26.4 Å². The second kappa shape index (κ2) is 11.9. The van der Waals surface area contributed by atoms with Crippen LogP contribution in [0.5, 0.6) is 0 Å². The molecule has 0 aliphatic heterocycles. The maximum atomic E-state index is 13.6. The van der Waals surface area contributed by atoms with Gasteiger partial charge in [0, 0.05) is 10.4 Å². The van der Waals surface area contributed by atoms with E-state index in [1.807, 2.05) is 36.6 Å². The van der Waals surface area contributed by atoms with Gasteiger partial charge in [0.05, 0.1) is 34.4 Å². The number of hydrogen-bond donors (Lipinski definition) is 2. The Bertz CT molecular complexity index is 1430. The molecule has 0 saturated carbocycles. The number of para-hydroxylation sites is 1. The van der Waals surface area contributed by atoms with Gasteiger partial charge in [0.2, 0.25) is 0 Å². The van der Waals surface area contributed by atoms with Gasteiger partial charge in [0.15, 0.2) is 17.4 Å². The maximum Gasteiger partial charge on any atom is 0.319 e. The third-order valence-corrected chi connectivity index (χ3v) is 7.39. The standard InChI is InChI=1S/C26H26Cl2N6O2S/c1-4-16-13-18(24(35)17-9-5-6-10-19(17)27)25(37-16)34-22(31-32-23(34)15-33(2)3)14-29-26(36)30-21-12-8-7-11-20(21)28/h5-13H,4,14-15H2,1-3H3,(H2,29,30,36). The van der Waals surface area contributed by atoms with Gasteiger partial charge in [0.25, 0.3) is 0 Å².